The fourth-order valence-electron chi connectivity index (χ4n) is 2.37. The Hall–Kier alpha value is -2.44. The van der Waals surface area contributed by atoms with Gasteiger partial charge in [0.2, 0.25) is 15.9 Å². The lowest BCUT2D eigenvalue weighted by Gasteiger charge is -2.09. The third-order valence-electron chi connectivity index (χ3n) is 3.87. The van der Waals surface area contributed by atoms with Gasteiger partial charge in [0.05, 0.1) is 4.90 Å². The van der Waals surface area contributed by atoms with Crippen molar-refractivity contribution in [2.75, 3.05) is 5.32 Å². The topological polar surface area (TPSA) is 75.3 Å². The summed E-state index contributed by atoms with van der Waals surface area (Å²) in [4.78, 5) is 12.3. The van der Waals surface area contributed by atoms with E-state index in [4.69, 9.17) is 0 Å². The van der Waals surface area contributed by atoms with E-state index in [9.17, 15) is 13.2 Å². The van der Waals surface area contributed by atoms with Gasteiger partial charge in [0.1, 0.15) is 0 Å². The van der Waals surface area contributed by atoms with Crippen LogP contribution < -0.4 is 10.0 Å². The zero-order valence-corrected chi connectivity index (χ0v) is 16.2. The largest absolute Gasteiger partial charge is 0.322 e. The molecule has 0 aliphatic heterocycles. The van der Waals surface area contributed by atoms with Crippen LogP contribution in [0.3, 0.4) is 0 Å². The number of aryl methyl sites for hydroxylation is 1. The summed E-state index contributed by atoms with van der Waals surface area (Å²) in [7, 11) is -3.51. The quantitative estimate of drug-likeness (QED) is 0.760. The van der Waals surface area contributed by atoms with Crippen molar-refractivity contribution in [3.05, 3.63) is 65.2 Å². The summed E-state index contributed by atoms with van der Waals surface area (Å²) in [6.07, 6.45) is 3.07. The number of carbonyl (C=O) groups excluding carboxylic acids is 1. The molecule has 0 atom stereocenters. The molecule has 0 fully saturated rings. The normalized spacial score (nSPS) is 11.9. The van der Waals surface area contributed by atoms with Crippen LogP contribution in [0, 0.1) is 13.8 Å². The van der Waals surface area contributed by atoms with E-state index in [1.807, 2.05) is 32.0 Å². The van der Waals surface area contributed by atoms with Gasteiger partial charge in [-0.3, -0.25) is 4.79 Å². The van der Waals surface area contributed by atoms with Gasteiger partial charge in [-0.15, -0.1) is 0 Å². The molecule has 0 aliphatic rings. The summed E-state index contributed by atoms with van der Waals surface area (Å²) in [6, 6.07) is 11.9. The molecule has 2 aromatic carbocycles. The standard InChI is InChI=1S/C20H24N2O3S/c1-14(2)22-26(24,25)18-11-8-17(9-12-18)10-13-20(23)21-19-7-5-6-15(3)16(19)4/h5-14,22H,1-4H3,(H,21,23)/b13-10+. The highest BCUT2D eigenvalue weighted by Gasteiger charge is 2.14. The third kappa shape index (κ3) is 5.28. The van der Waals surface area contributed by atoms with E-state index in [1.165, 1.54) is 18.2 Å². The fourth-order valence-corrected chi connectivity index (χ4v) is 3.62. The van der Waals surface area contributed by atoms with Crippen molar-refractivity contribution in [3.63, 3.8) is 0 Å². The second kappa shape index (κ2) is 8.29. The molecule has 0 spiro atoms. The number of sulfonamides is 1. The highest BCUT2D eigenvalue weighted by Crippen LogP contribution is 2.18. The van der Waals surface area contributed by atoms with Crippen LogP contribution in [0.1, 0.15) is 30.5 Å². The van der Waals surface area contributed by atoms with Gasteiger partial charge < -0.3 is 5.32 Å². The molecule has 0 aliphatic carbocycles. The van der Waals surface area contributed by atoms with Crippen LogP contribution >= 0.6 is 0 Å². The third-order valence-corrected chi connectivity index (χ3v) is 5.55. The Morgan fingerprint density at radius 2 is 1.69 bits per heavy atom. The predicted molar refractivity (Wildman–Crippen MR) is 105 cm³/mol. The number of hydrogen-bond donors (Lipinski definition) is 2. The SMILES string of the molecule is Cc1cccc(NC(=O)/C=C/c2ccc(S(=O)(=O)NC(C)C)cc2)c1C. The number of rotatable bonds is 6. The first kappa shape index (κ1) is 19.9. The first-order valence-electron chi connectivity index (χ1n) is 8.37. The molecule has 138 valence electrons. The van der Waals surface area contributed by atoms with E-state index in [0.717, 1.165) is 22.4 Å². The Morgan fingerprint density at radius 1 is 1.04 bits per heavy atom. The Labute approximate surface area is 155 Å². The van der Waals surface area contributed by atoms with E-state index in [1.54, 1.807) is 32.1 Å². The van der Waals surface area contributed by atoms with Crippen molar-refractivity contribution >= 4 is 27.7 Å². The van der Waals surface area contributed by atoms with Crippen LogP contribution in [0.25, 0.3) is 6.08 Å². The number of hydrogen-bond acceptors (Lipinski definition) is 3. The summed E-state index contributed by atoms with van der Waals surface area (Å²) in [6.45, 7) is 7.48. The summed E-state index contributed by atoms with van der Waals surface area (Å²) >= 11 is 0. The van der Waals surface area contributed by atoms with Gasteiger partial charge in [-0.05, 0) is 68.7 Å². The molecular formula is C20H24N2O3S. The molecule has 2 N–H and O–H groups in total. The fraction of sp³-hybridized carbons (Fsp3) is 0.250. The van der Waals surface area contributed by atoms with Crippen molar-refractivity contribution in [2.45, 2.75) is 38.6 Å². The van der Waals surface area contributed by atoms with Gasteiger partial charge in [0.15, 0.2) is 0 Å². The Kier molecular flexibility index (Phi) is 6.34. The zero-order valence-electron chi connectivity index (χ0n) is 15.4. The first-order chi connectivity index (χ1) is 12.2. The van der Waals surface area contributed by atoms with E-state index in [0.29, 0.717) is 0 Å². The molecule has 1 amide bonds. The summed E-state index contributed by atoms with van der Waals surface area (Å²) in [5.41, 5.74) is 3.66. The van der Waals surface area contributed by atoms with Crippen molar-refractivity contribution in [1.29, 1.82) is 0 Å². The minimum atomic E-state index is -3.51. The average Bonchev–Trinajstić information content (AvgIpc) is 2.56. The first-order valence-corrected chi connectivity index (χ1v) is 9.85. The molecule has 0 unspecified atom stereocenters. The monoisotopic (exact) mass is 372 g/mol. The molecule has 0 saturated carbocycles. The lowest BCUT2D eigenvalue weighted by molar-refractivity contribution is -0.111. The molecule has 6 heteroatoms. The van der Waals surface area contributed by atoms with Crippen LogP contribution in [0.4, 0.5) is 5.69 Å². The number of anilines is 1. The summed E-state index contributed by atoms with van der Waals surface area (Å²) < 4.78 is 26.7. The van der Waals surface area contributed by atoms with Crippen molar-refractivity contribution in [3.8, 4) is 0 Å². The molecule has 0 heterocycles. The van der Waals surface area contributed by atoms with Crippen LogP contribution in [-0.2, 0) is 14.8 Å². The van der Waals surface area contributed by atoms with Gasteiger partial charge in [-0.2, -0.15) is 0 Å². The number of carbonyl (C=O) groups is 1. The Bertz CT molecular complexity index is 915. The van der Waals surface area contributed by atoms with Crippen LogP contribution in [0.2, 0.25) is 0 Å². The second-order valence-corrected chi connectivity index (χ2v) is 8.13. The van der Waals surface area contributed by atoms with E-state index in [-0.39, 0.29) is 16.8 Å². The van der Waals surface area contributed by atoms with Gasteiger partial charge in [-0.1, -0.05) is 24.3 Å². The molecule has 0 saturated heterocycles. The predicted octanol–water partition coefficient (Wildman–Crippen LogP) is 3.64. The summed E-state index contributed by atoms with van der Waals surface area (Å²) in [5.74, 6) is -0.239. The highest BCUT2D eigenvalue weighted by molar-refractivity contribution is 7.89. The lowest BCUT2D eigenvalue weighted by Crippen LogP contribution is -2.30. The highest BCUT2D eigenvalue weighted by atomic mass is 32.2. The molecule has 2 aromatic rings. The van der Waals surface area contributed by atoms with Gasteiger partial charge in [0.25, 0.3) is 0 Å². The van der Waals surface area contributed by atoms with Gasteiger partial charge in [-0.25, -0.2) is 13.1 Å². The second-order valence-electron chi connectivity index (χ2n) is 6.42. The molecule has 26 heavy (non-hydrogen) atoms. The maximum absolute atomic E-state index is 12.1. The maximum atomic E-state index is 12.1. The Morgan fingerprint density at radius 3 is 2.31 bits per heavy atom. The molecule has 0 aromatic heterocycles. The molecule has 5 nitrogen and oxygen atoms in total. The lowest BCUT2D eigenvalue weighted by atomic mass is 10.1. The van der Waals surface area contributed by atoms with Gasteiger partial charge >= 0.3 is 0 Å². The number of amides is 1. The van der Waals surface area contributed by atoms with Gasteiger partial charge in [0, 0.05) is 17.8 Å². The van der Waals surface area contributed by atoms with Crippen LogP contribution in [0.15, 0.2) is 53.4 Å². The van der Waals surface area contributed by atoms with E-state index < -0.39 is 10.0 Å². The molecule has 0 radical (unpaired) electrons. The van der Waals surface area contributed by atoms with Crippen LogP contribution in [-0.4, -0.2) is 20.4 Å². The average molecular weight is 372 g/mol. The summed E-state index contributed by atoms with van der Waals surface area (Å²) in [5, 5.41) is 2.85. The van der Waals surface area contributed by atoms with Crippen molar-refractivity contribution in [1.82, 2.24) is 4.72 Å². The maximum Gasteiger partial charge on any atom is 0.248 e. The minimum absolute atomic E-state index is 0.173. The molecule has 2 rings (SSSR count). The Balaban J connectivity index is 2.06. The minimum Gasteiger partial charge on any atom is -0.322 e. The van der Waals surface area contributed by atoms with Crippen molar-refractivity contribution in [2.24, 2.45) is 0 Å². The molecular weight excluding hydrogens is 348 g/mol. The molecule has 0 bridgehead atoms. The van der Waals surface area contributed by atoms with Crippen LogP contribution in [0.5, 0.6) is 0 Å². The smallest absolute Gasteiger partial charge is 0.248 e. The number of benzene rings is 2. The zero-order chi connectivity index (χ0) is 19.3. The van der Waals surface area contributed by atoms with E-state index >= 15 is 0 Å². The number of nitrogens with one attached hydrogen (secondary N) is 2. The van der Waals surface area contributed by atoms with E-state index in [2.05, 4.69) is 10.0 Å². The van der Waals surface area contributed by atoms with Crippen molar-refractivity contribution < 1.29 is 13.2 Å².